The third-order valence-corrected chi connectivity index (χ3v) is 5.09. The summed E-state index contributed by atoms with van der Waals surface area (Å²) in [5, 5.41) is 2.98. The first-order valence-electron chi connectivity index (χ1n) is 9.55. The Morgan fingerprint density at radius 2 is 2.00 bits per heavy atom. The van der Waals surface area contributed by atoms with Crippen molar-refractivity contribution in [1.82, 2.24) is 9.80 Å². The van der Waals surface area contributed by atoms with Gasteiger partial charge in [-0.15, -0.1) is 0 Å². The summed E-state index contributed by atoms with van der Waals surface area (Å²) in [4.78, 5) is 28.7. The van der Waals surface area contributed by atoms with Gasteiger partial charge in [-0.1, -0.05) is 26.0 Å². The summed E-state index contributed by atoms with van der Waals surface area (Å²) in [5.74, 6) is 0.531. The lowest BCUT2D eigenvalue weighted by Crippen LogP contribution is -2.52. The SMILES string of the molecule is CC(C)c1cccc(NC(=O)CN2CCN(C(=O)C3CCCO3)CC2)c1. The lowest BCUT2D eigenvalue weighted by Gasteiger charge is -2.35. The number of piperazine rings is 1. The summed E-state index contributed by atoms with van der Waals surface area (Å²) in [6.07, 6.45) is 1.55. The predicted molar refractivity (Wildman–Crippen MR) is 101 cm³/mol. The quantitative estimate of drug-likeness (QED) is 0.874. The van der Waals surface area contributed by atoms with Crippen LogP contribution in [0.25, 0.3) is 0 Å². The van der Waals surface area contributed by atoms with Crippen LogP contribution in [0.15, 0.2) is 24.3 Å². The fourth-order valence-electron chi connectivity index (χ4n) is 3.48. The summed E-state index contributed by atoms with van der Waals surface area (Å²) in [6.45, 7) is 8.08. The van der Waals surface area contributed by atoms with E-state index in [1.54, 1.807) is 0 Å². The summed E-state index contributed by atoms with van der Waals surface area (Å²) in [7, 11) is 0. The molecule has 2 heterocycles. The molecular weight excluding hydrogens is 330 g/mol. The first kappa shape index (κ1) is 18.9. The molecule has 1 atom stereocenters. The van der Waals surface area contributed by atoms with Gasteiger partial charge in [-0.3, -0.25) is 14.5 Å². The molecule has 0 aliphatic carbocycles. The minimum absolute atomic E-state index is 0.00944. The molecule has 2 aliphatic rings. The minimum Gasteiger partial charge on any atom is -0.368 e. The van der Waals surface area contributed by atoms with Gasteiger partial charge in [-0.05, 0) is 36.5 Å². The van der Waals surface area contributed by atoms with Crippen molar-refractivity contribution in [2.24, 2.45) is 0 Å². The number of amides is 2. The molecular formula is C20H29N3O3. The molecule has 142 valence electrons. The highest BCUT2D eigenvalue weighted by Crippen LogP contribution is 2.19. The zero-order valence-electron chi connectivity index (χ0n) is 15.7. The van der Waals surface area contributed by atoms with Crippen molar-refractivity contribution in [3.05, 3.63) is 29.8 Å². The van der Waals surface area contributed by atoms with Crippen molar-refractivity contribution in [2.45, 2.75) is 38.7 Å². The van der Waals surface area contributed by atoms with Crippen molar-refractivity contribution in [2.75, 3.05) is 44.6 Å². The zero-order valence-corrected chi connectivity index (χ0v) is 15.7. The van der Waals surface area contributed by atoms with E-state index in [1.165, 1.54) is 5.56 Å². The number of carbonyl (C=O) groups excluding carboxylic acids is 2. The molecule has 0 radical (unpaired) electrons. The average molecular weight is 359 g/mol. The second-order valence-corrected chi connectivity index (χ2v) is 7.43. The molecule has 0 saturated carbocycles. The Balaban J connectivity index is 1.44. The van der Waals surface area contributed by atoms with Crippen molar-refractivity contribution in [3.8, 4) is 0 Å². The summed E-state index contributed by atoms with van der Waals surface area (Å²) in [5.41, 5.74) is 2.05. The molecule has 0 bridgehead atoms. The normalized spacial score (nSPS) is 21.2. The highest BCUT2D eigenvalue weighted by molar-refractivity contribution is 5.92. The van der Waals surface area contributed by atoms with Gasteiger partial charge in [0.25, 0.3) is 5.91 Å². The van der Waals surface area contributed by atoms with Gasteiger partial charge in [-0.25, -0.2) is 0 Å². The number of nitrogens with one attached hydrogen (secondary N) is 1. The van der Waals surface area contributed by atoms with E-state index < -0.39 is 0 Å². The van der Waals surface area contributed by atoms with Crippen molar-refractivity contribution in [1.29, 1.82) is 0 Å². The zero-order chi connectivity index (χ0) is 18.5. The monoisotopic (exact) mass is 359 g/mol. The van der Waals surface area contributed by atoms with Crippen LogP contribution in [0.4, 0.5) is 5.69 Å². The van der Waals surface area contributed by atoms with Crippen LogP contribution in [0.3, 0.4) is 0 Å². The van der Waals surface area contributed by atoms with Crippen LogP contribution in [-0.2, 0) is 14.3 Å². The second kappa shape index (κ2) is 8.64. The predicted octanol–water partition coefficient (Wildman–Crippen LogP) is 2.07. The second-order valence-electron chi connectivity index (χ2n) is 7.43. The number of hydrogen-bond donors (Lipinski definition) is 1. The molecule has 2 saturated heterocycles. The third-order valence-electron chi connectivity index (χ3n) is 5.09. The molecule has 1 unspecified atom stereocenters. The molecule has 1 aromatic carbocycles. The van der Waals surface area contributed by atoms with Crippen molar-refractivity contribution < 1.29 is 14.3 Å². The number of rotatable bonds is 5. The van der Waals surface area contributed by atoms with Crippen LogP contribution in [0.2, 0.25) is 0 Å². The molecule has 1 N–H and O–H groups in total. The topological polar surface area (TPSA) is 61.9 Å². The number of nitrogens with zero attached hydrogens (tertiary/aromatic N) is 2. The molecule has 6 heteroatoms. The van der Waals surface area contributed by atoms with E-state index in [4.69, 9.17) is 4.74 Å². The van der Waals surface area contributed by atoms with Gasteiger partial charge < -0.3 is 15.0 Å². The van der Waals surface area contributed by atoms with Crippen LogP contribution >= 0.6 is 0 Å². The van der Waals surface area contributed by atoms with Crippen molar-refractivity contribution >= 4 is 17.5 Å². The number of ether oxygens (including phenoxy) is 1. The largest absolute Gasteiger partial charge is 0.368 e. The van der Waals surface area contributed by atoms with E-state index in [2.05, 4.69) is 30.1 Å². The van der Waals surface area contributed by atoms with Crippen LogP contribution in [0, 0.1) is 0 Å². The molecule has 2 aliphatic heterocycles. The first-order valence-corrected chi connectivity index (χ1v) is 9.55. The fourth-order valence-corrected chi connectivity index (χ4v) is 3.48. The van der Waals surface area contributed by atoms with E-state index in [-0.39, 0.29) is 17.9 Å². The van der Waals surface area contributed by atoms with Crippen LogP contribution in [-0.4, -0.2) is 67.0 Å². The van der Waals surface area contributed by atoms with Gasteiger partial charge in [0.15, 0.2) is 0 Å². The molecule has 2 fully saturated rings. The van der Waals surface area contributed by atoms with Gasteiger partial charge in [0.05, 0.1) is 6.54 Å². The molecule has 1 aromatic rings. The fraction of sp³-hybridized carbons (Fsp3) is 0.600. The van der Waals surface area contributed by atoms with Gasteiger partial charge >= 0.3 is 0 Å². The summed E-state index contributed by atoms with van der Waals surface area (Å²) in [6, 6.07) is 7.99. The van der Waals surface area contributed by atoms with Crippen LogP contribution < -0.4 is 5.32 Å². The lowest BCUT2D eigenvalue weighted by molar-refractivity contribution is -0.142. The Morgan fingerprint density at radius 1 is 1.23 bits per heavy atom. The van der Waals surface area contributed by atoms with Gasteiger partial charge in [0.2, 0.25) is 5.91 Å². The smallest absolute Gasteiger partial charge is 0.251 e. The van der Waals surface area contributed by atoms with Gasteiger partial charge in [0.1, 0.15) is 6.10 Å². The molecule has 0 spiro atoms. The maximum absolute atomic E-state index is 12.4. The maximum atomic E-state index is 12.4. The first-order chi connectivity index (χ1) is 12.5. The summed E-state index contributed by atoms with van der Waals surface area (Å²) < 4.78 is 5.48. The van der Waals surface area contributed by atoms with E-state index in [0.717, 1.165) is 31.6 Å². The Kier molecular flexibility index (Phi) is 6.27. The maximum Gasteiger partial charge on any atom is 0.251 e. The molecule has 0 aromatic heterocycles. The van der Waals surface area contributed by atoms with E-state index in [1.807, 2.05) is 23.1 Å². The summed E-state index contributed by atoms with van der Waals surface area (Å²) >= 11 is 0. The third kappa shape index (κ3) is 4.83. The van der Waals surface area contributed by atoms with E-state index in [9.17, 15) is 9.59 Å². The standard InChI is InChI=1S/C20H29N3O3/c1-15(2)16-5-3-6-17(13-16)21-19(24)14-22-8-10-23(11-9-22)20(25)18-7-4-12-26-18/h3,5-6,13,15,18H,4,7-12,14H2,1-2H3,(H,21,24). The molecule has 3 rings (SSSR count). The van der Waals surface area contributed by atoms with Crippen LogP contribution in [0.1, 0.15) is 38.2 Å². The molecule has 6 nitrogen and oxygen atoms in total. The average Bonchev–Trinajstić information content (AvgIpc) is 3.16. The Labute approximate surface area is 155 Å². The Bertz CT molecular complexity index is 633. The van der Waals surface area contributed by atoms with E-state index >= 15 is 0 Å². The Morgan fingerprint density at radius 3 is 2.65 bits per heavy atom. The molecule has 26 heavy (non-hydrogen) atoms. The van der Waals surface area contributed by atoms with Crippen molar-refractivity contribution in [3.63, 3.8) is 0 Å². The Hall–Kier alpha value is -1.92. The highest BCUT2D eigenvalue weighted by atomic mass is 16.5. The van der Waals surface area contributed by atoms with E-state index in [0.29, 0.717) is 32.2 Å². The highest BCUT2D eigenvalue weighted by Gasteiger charge is 2.30. The number of hydrogen-bond acceptors (Lipinski definition) is 4. The van der Waals surface area contributed by atoms with Gasteiger partial charge in [0, 0.05) is 38.5 Å². The number of benzene rings is 1. The lowest BCUT2D eigenvalue weighted by atomic mass is 10.0. The van der Waals surface area contributed by atoms with Crippen LogP contribution in [0.5, 0.6) is 0 Å². The number of carbonyl (C=O) groups is 2. The minimum atomic E-state index is -0.252. The number of anilines is 1. The molecule has 2 amide bonds. The van der Waals surface area contributed by atoms with Gasteiger partial charge in [-0.2, -0.15) is 0 Å².